The predicted molar refractivity (Wildman–Crippen MR) is 414 cm³/mol. The van der Waals surface area contributed by atoms with Crippen molar-refractivity contribution in [2.75, 3.05) is 39.6 Å². The van der Waals surface area contributed by atoms with Crippen LogP contribution in [0.3, 0.4) is 0 Å². The number of hydrogen-bond acceptors (Lipinski definition) is 15. The quantitative estimate of drug-likeness (QED) is 0.0222. The molecule has 0 aromatic heterocycles. The van der Waals surface area contributed by atoms with E-state index in [1.54, 1.807) is 0 Å². The van der Waals surface area contributed by atoms with Gasteiger partial charge in [0, 0.05) is 25.7 Å². The molecule has 0 radical (unpaired) electrons. The largest absolute Gasteiger partial charge is 0.472 e. The zero-order chi connectivity index (χ0) is 74.4. The molecule has 0 aliphatic rings. The average molecular weight is 1480 g/mol. The maximum Gasteiger partial charge on any atom is 0.472 e. The first-order valence-corrected chi connectivity index (χ1v) is 45.4. The molecule has 3 N–H and O–H groups in total. The van der Waals surface area contributed by atoms with Gasteiger partial charge in [0.05, 0.1) is 26.4 Å². The summed E-state index contributed by atoms with van der Waals surface area (Å²) in [5.74, 6) is 0.193. The first-order valence-electron chi connectivity index (χ1n) is 42.4. The van der Waals surface area contributed by atoms with Crippen molar-refractivity contribution in [3.63, 3.8) is 0 Å². The minimum atomic E-state index is -4.96. The van der Waals surface area contributed by atoms with Crippen LogP contribution in [0.25, 0.3) is 0 Å². The molecule has 6 atom stereocenters. The van der Waals surface area contributed by atoms with E-state index in [0.717, 1.165) is 108 Å². The van der Waals surface area contributed by atoms with Gasteiger partial charge >= 0.3 is 39.5 Å². The van der Waals surface area contributed by atoms with Crippen molar-refractivity contribution in [3.8, 4) is 0 Å². The average Bonchev–Trinajstić information content (AvgIpc) is 0.987. The molecule has 0 saturated carbocycles. The van der Waals surface area contributed by atoms with Crippen LogP contribution < -0.4 is 0 Å². The first-order chi connectivity index (χ1) is 48.8. The number of carbonyl (C=O) groups excluding carboxylic acids is 4. The Bertz CT molecular complexity index is 1960. The summed E-state index contributed by atoms with van der Waals surface area (Å²) in [4.78, 5) is 73.1. The lowest BCUT2D eigenvalue weighted by Gasteiger charge is -2.21. The van der Waals surface area contributed by atoms with Crippen molar-refractivity contribution in [2.24, 2.45) is 17.8 Å². The van der Waals surface area contributed by atoms with E-state index in [2.05, 4.69) is 48.5 Å². The van der Waals surface area contributed by atoms with Crippen molar-refractivity contribution in [2.45, 2.75) is 446 Å². The summed E-state index contributed by atoms with van der Waals surface area (Å²) < 4.78 is 68.7. The molecule has 0 bridgehead atoms. The smallest absolute Gasteiger partial charge is 0.462 e. The molecule has 0 saturated heterocycles. The second-order valence-electron chi connectivity index (χ2n) is 30.7. The molecule has 0 aromatic rings. The Kier molecular flexibility index (Phi) is 70.9. The van der Waals surface area contributed by atoms with Gasteiger partial charge in [0.1, 0.15) is 19.3 Å². The Morgan fingerprint density at radius 2 is 0.505 bits per heavy atom. The molecule has 0 aromatic carbocycles. The number of aliphatic hydroxyl groups is 1. The molecular formula is C82H160O17P2. The van der Waals surface area contributed by atoms with Gasteiger partial charge in [-0.3, -0.25) is 37.3 Å². The van der Waals surface area contributed by atoms with Crippen LogP contribution in [0.15, 0.2) is 0 Å². The van der Waals surface area contributed by atoms with Gasteiger partial charge in [-0.25, -0.2) is 9.13 Å². The normalized spacial score (nSPS) is 14.2. The highest BCUT2D eigenvalue weighted by atomic mass is 31.2. The van der Waals surface area contributed by atoms with Gasteiger partial charge in [0.2, 0.25) is 0 Å². The number of phosphoric acid groups is 2. The van der Waals surface area contributed by atoms with Gasteiger partial charge < -0.3 is 33.8 Å². The first kappa shape index (κ1) is 99.1. The molecule has 0 aliphatic heterocycles. The van der Waals surface area contributed by atoms with Crippen LogP contribution in [-0.2, 0) is 65.4 Å². The van der Waals surface area contributed by atoms with E-state index in [-0.39, 0.29) is 25.7 Å². The van der Waals surface area contributed by atoms with Crippen molar-refractivity contribution in [1.82, 2.24) is 0 Å². The zero-order valence-electron chi connectivity index (χ0n) is 66.4. The third kappa shape index (κ3) is 74.7. The minimum Gasteiger partial charge on any atom is -0.462 e. The highest BCUT2D eigenvalue weighted by molar-refractivity contribution is 7.47. The van der Waals surface area contributed by atoms with Crippen LogP contribution in [0.4, 0.5) is 0 Å². The number of unbranched alkanes of at least 4 members (excludes halogenated alkanes) is 47. The topological polar surface area (TPSA) is 237 Å². The summed E-state index contributed by atoms with van der Waals surface area (Å²) in [6.07, 6.45) is 61.1. The lowest BCUT2D eigenvalue weighted by molar-refractivity contribution is -0.161. The molecule has 19 heteroatoms. The molecule has 0 heterocycles. The molecule has 0 aliphatic carbocycles. The summed E-state index contributed by atoms with van der Waals surface area (Å²) in [6, 6.07) is 0. The number of carbonyl (C=O) groups is 4. The van der Waals surface area contributed by atoms with Crippen LogP contribution in [-0.4, -0.2) is 96.7 Å². The molecule has 600 valence electrons. The molecule has 0 fully saturated rings. The van der Waals surface area contributed by atoms with Crippen molar-refractivity contribution in [1.29, 1.82) is 0 Å². The van der Waals surface area contributed by atoms with Gasteiger partial charge in [-0.15, -0.1) is 0 Å². The standard InChI is InChI=1S/C82H160O17P2/c1-8-10-11-12-13-14-15-16-17-18-19-20-21-22-23-26-30-35-44-51-58-65-81(86)98-77(69-92-79(84)63-56-49-42-34-29-27-24-25-28-32-39-46-53-60-73(3)4)71-96-100(88,89)94-67-76(83)68-95-101(90,91)97-72-78(99-82(87)66-59-52-45-36-31-33-40-47-54-61-74(5)6)70-93-80(85)64-57-50-43-38-37-41-48-55-62-75(7)9-2/h73-78,83H,8-72H2,1-7H3,(H,88,89)(H,90,91)/t75?,76-,77-,78-/m1/s1. The summed E-state index contributed by atoms with van der Waals surface area (Å²) in [7, 11) is -9.92. The number of phosphoric ester groups is 2. The molecular weight excluding hydrogens is 1320 g/mol. The van der Waals surface area contributed by atoms with E-state index in [9.17, 15) is 43.2 Å². The highest BCUT2D eigenvalue weighted by Gasteiger charge is 2.30. The Morgan fingerprint density at radius 1 is 0.287 bits per heavy atom. The molecule has 0 rings (SSSR count). The molecule has 0 spiro atoms. The summed E-state index contributed by atoms with van der Waals surface area (Å²) >= 11 is 0. The Morgan fingerprint density at radius 3 is 0.752 bits per heavy atom. The van der Waals surface area contributed by atoms with Crippen LogP contribution in [0.2, 0.25) is 0 Å². The van der Waals surface area contributed by atoms with Gasteiger partial charge in [-0.1, -0.05) is 376 Å². The molecule has 101 heavy (non-hydrogen) atoms. The van der Waals surface area contributed by atoms with Crippen LogP contribution in [0.5, 0.6) is 0 Å². The van der Waals surface area contributed by atoms with E-state index in [1.165, 1.54) is 238 Å². The van der Waals surface area contributed by atoms with E-state index in [0.29, 0.717) is 25.7 Å². The number of rotatable bonds is 80. The van der Waals surface area contributed by atoms with E-state index < -0.39 is 97.5 Å². The fourth-order valence-electron chi connectivity index (χ4n) is 12.6. The van der Waals surface area contributed by atoms with E-state index >= 15 is 0 Å². The third-order valence-corrected chi connectivity index (χ3v) is 21.4. The highest BCUT2D eigenvalue weighted by Crippen LogP contribution is 2.45. The minimum absolute atomic E-state index is 0.105. The fraction of sp³-hybridized carbons (Fsp3) is 0.951. The number of esters is 4. The van der Waals surface area contributed by atoms with Crippen molar-refractivity contribution in [3.05, 3.63) is 0 Å². The molecule has 3 unspecified atom stereocenters. The Labute approximate surface area is 619 Å². The van der Waals surface area contributed by atoms with Crippen LogP contribution in [0.1, 0.15) is 427 Å². The van der Waals surface area contributed by atoms with Gasteiger partial charge in [0.25, 0.3) is 0 Å². The number of ether oxygens (including phenoxy) is 4. The fourth-order valence-corrected chi connectivity index (χ4v) is 14.2. The van der Waals surface area contributed by atoms with Crippen LogP contribution >= 0.6 is 15.6 Å². The third-order valence-electron chi connectivity index (χ3n) is 19.5. The zero-order valence-corrected chi connectivity index (χ0v) is 68.2. The summed E-state index contributed by atoms with van der Waals surface area (Å²) in [6.45, 7) is 11.9. The SMILES string of the molecule is CCCCCCCCCCCCCCCCCCCCCCCC(=O)O[C@H](COC(=O)CCCCCCCCCCCCCCCC(C)C)COP(=O)(O)OC[C@@H](O)COP(=O)(O)OC[C@@H](COC(=O)CCCCCCCCCCC(C)CC)OC(=O)CCCCCCCCCCCC(C)C. The summed E-state index contributed by atoms with van der Waals surface area (Å²) in [5, 5.41) is 10.6. The lowest BCUT2D eigenvalue weighted by atomic mass is 9.99. The van der Waals surface area contributed by atoms with E-state index in [4.69, 9.17) is 37.0 Å². The second-order valence-corrected chi connectivity index (χ2v) is 33.6. The molecule has 0 amide bonds. The summed E-state index contributed by atoms with van der Waals surface area (Å²) in [5.41, 5.74) is 0. The van der Waals surface area contributed by atoms with Crippen molar-refractivity contribution < 1.29 is 80.2 Å². The van der Waals surface area contributed by atoms with Crippen LogP contribution in [0, 0.1) is 17.8 Å². The molecule has 17 nitrogen and oxygen atoms in total. The van der Waals surface area contributed by atoms with E-state index in [1.807, 2.05) is 0 Å². The van der Waals surface area contributed by atoms with Gasteiger partial charge in [0.15, 0.2) is 12.2 Å². The monoisotopic (exact) mass is 1480 g/mol. The van der Waals surface area contributed by atoms with Gasteiger partial charge in [-0.05, 0) is 43.4 Å². The number of aliphatic hydroxyl groups excluding tert-OH is 1. The Balaban J connectivity index is 5.24. The Hall–Kier alpha value is -1.94. The predicted octanol–water partition coefficient (Wildman–Crippen LogP) is 24.5. The maximum atomic E-state index is 13.1. The van der Waals surface area contributed by atoms with Gasteiger partial charge in [-0.2, -0.15) is 0 Å². The maximum absolute atomic E-state index is 13.1. The number of hydrogen-bond donors (Lipinski definition) is 3. The van der Waals surface area contributed by atoms with Crippen molar-refractivity contribution >= 4 is 39.5 Å². The second kappa shape index (κ2) is 72.3. The lowest BCUT2D eigenvalue weighted by Crippen LogP contribution is -2.30.